The van der Waals surface area contributed by atoms with Crippen LogP contribution in [0.5, 0.6) is 0 Å². The van der Waals surface area contributed by atoms with E-state index in [2.05, 4.69) is 0 Å². The van der Waals surface area contributed by atoms with E-state index in [-0.39, 0.29) is 24.3 Å². The first-order valence-electron chi connectivity index (χ1n) is 6.45. The highest BCUT2D eigenvalue weighted by molar-refractivity contribution is 5.77. The lowest BCUT2D eigenvalue weighted by molar-refractivity contribution is -0.179. The summed E-state index contributed by atoms with van der Waals surface area (Å²) in [5, 5.41) is 20.3. The van der Waals surface area contributed by atoms with Gasteiger partial charge in [-0.1, -0.05) is 20.8 Å². The predicted octanol–water partition coefficient (Wildman–Crippen LogP) is 0.283. The molecule has 0 saturated heterocycles. The third kappa shape index (κ3) is 4.72. The summed E-state index contributed by atoms with van der Waals surface area (Å²) < 4.78 is 5.36. The molecule has 6 heteroatoms. The number of carbonyl (C=O) groups is 1. The maximum atomic E-state index is 12.0. The largest absolute Gasteiger partial charge is 0.396 e. The zero-order valence-electron chi connectivity index (χ0n) is 12.7. The van der Waals surface area contributed by atoms with E-state index in [1.807, 2.05) is 6.92 Å². The van der Waals surface area contributed by atoms with E-state index in [0.717, 1.165) is 5.06 Å². The fourth-order valence-electron chi connectivity index (χ4n) is 2.21. The van der Waals surface area contributed by atoms with Crippen LogP contribution in [-0.2, 0) is 14.4 Å². The van der Waals surface area contributed by atoms with Crippen molar-refractivity contribution < 1.29 is 24.6 Å². The Morgan fingerprint density at radius 1 is 1.26 bits per heavy atom. The predicted molar refractivity (Wildman–Crippen MR) is 71.2 cm³/mol. The van der Waals surface area contributed by atoms with Gasteiger partial charge in [0.2, 0.25) is 0 Å². The SMILES string of the molecule is CO[C@@H]([C@@H](C)[C@H](O)[C@@H](C)CO)[C@@H](C)C(=O)N(C)OC. The van der Waals surface area contributed by atoms with Crippen molar-refractivity contribution in [3.05, 3.63) is 0 Å². The Morgan fingerprint density at radius 3 is 2.16 bits per heavy atom. The number of hydrogen-bond acceptors (Lipinski definition) is 5. The Bertz CT molecular complexity index is 274. The fourth-order valence-corrected chi connectivity index (χ4v) is 2.21. The third-order valence-corrected chi connectivity index (χ3v) is 3.67. The molecule has 1 amide bonds. The van der Waals surface area contributed by atoms with Gasteiger partial charge >= 0.3 is 0 Å². The minimum Gasteiger partial charge on any atom is -0.396 e. The molecule has 0 aliphatic heterocycles. The summed E-state index contributed by atoms with van der Waals surface area (Å²) in [6.45, 7) is 5.18. The van der Waals surface area contributed by atoms with E-state index in [0.29, 0.717) is 0 Å². The van der Waals surface area contributed by atoms with Gasteiger partial charge in [-0.15, -0.1) is 0 Å². The molecule has 2 N–H and O–H groups in total. The summed E-state index contributed by atoms with van der Waals surface area (Å²) in [4.78, 5) is 16.9. The number of aliphatic hydroxyl groups excluding tert-OH is 2. The van der Waals surface area contributed by atoms with Gasteiger partial charge in [-0.25, -0.2) is 5.06 Å². The minimum absolute atomic E-state index is 0.109. The van der Waals surface area contributed by atoms with Gasteiger partial charge in [0.25, 0.3) is 5.91 Å². The van der Waals surface area contributed by atoms with Crippen molar-refractivity contribution in [3.8, 4) is 0 Å². The Morgan fingerprint density at radius 2 is 1.79 bits per heavy atom. The lowest BCUT2D eigenvalue weighted by Gasteiger charge is -2.33. The molecule has 5 atom stereocenters. The van der Waals surface area contributed by atoms with Gasteiger partial charge in [0, 0.05) is 32.6 Å². The van der Waals surface area contributed by atoms with Crippen molar-refractivity contribution in [3.63, 3.8) is 0 Å². The summed E-state index contributed by atoms with van der Waals surface area (Å²) in [7, 11) is 4.45. The van der Waals surface area contributed by atoms with Gasteiger partial charge < -0.3 is 14.9 Å². The van der Waals surface area contributed by atoms with Crippen LogP contribution in [0.2, 0.25) is 0 Å². The van der Waals surface area contributed by atoms with Crippen LogP contribution >= 0.6 is 0 Å². The van der Waals surface area contributed by atoms with Gasteiger partial charge in [-0.05, 0) is 0 Å². The molecule has 114 valence electrons. The molecule has 0 heterocycles. The second kappa shape index (κ2) is 8.47. The first-order valence-corrected chi connectivity index (χ1v) is 6.45. The number of methoxy groups -OCH3 is 1. The lowest BCUT2D eigenvalue weighted by Crippen LogP contribution is -2.45. The van der Waals surface area contributed by atoms with Crippen LogP contribution in [0.15, 0.2) is 0 Å². The van der Waals surface area contributed by atoms with Gasteiger partial charge in [-0.3, -0.25) is 9.63 Å². The average Bonchev–Trinajstić information content (AvgIpc) is 2.43. The highest BCUT2D eigenvalue weighted by Crippen LogP contribution is 2.24. The monoisotopic (exact) mass is 277 g/mol. The standard InChI is InChI=1S/C13H27NO5/c1-8(7-15)11(16)9(2)12(18-5)10(3)13(17)14(4)19-6/h8-12,15-16H,7H2,1-6H3/t8-,9-,10+,11+,12-/m0/s1. The number of ether oxygens (including phenoxy) is 1. The van der Waals surface area contributed by atoms with Crippen LogP contribution in [0, 0.1) is 17.8 Å². The van der Waals surface area contributed by atoms with Crippen molar-refractivity contribution in [1.29, 1.82) is 0 Å². The molecule has 0 aromatic rings. The van der Waals surface area contributed by atoms with E-state index < -0.39 is 18.1 Å². The number of aliphatic hydroxyl groups is 2. The van der Waals surface area contributed by atoms with Crippen molar-refractivity contribution in [1.82, 2.24) is 5.06 Å². The van der Waals surface area contributed by atoms with Gasteiger partial charge in [0.1, 0.15) is 0 Å². The number of nitrogens with zero attached hydrogens (tertiary/aromatic N) is 1. The van der Waals surface area contributed by atoms with Crippen LogP contribution in [0.4, 0.5) is 0 Å². The number of rotatable bonds is 8. The molecule has 0 aromatic heterocycles. The molecule has 0 aromatic carbocycles. The highest BCUT2D eigenvalue weighted by atomic mass is 16.7. The summed E-state index contributed by atoms with van der Waals surface area (Å²) in [6, 6.07) is 0. The quantitative estimate of drug-likeness (QED) is 0.623. The van der Waals surface area contributed by atoms with Gasteiger partial charge in [-0.2, -0.15) is 0 Å². The maximum Gasteiger partial charge on any atom is 0.251 e. The molecular weight excluding hydrogens is 250 g/mol. The molecule has 0 fully saturated rings. The normalized spacial score (nSPS) is 19.4. The lowest BCUT2D eigenvalue weighted by atomic mass is 9.84. The molecule has 6 nitrogen and oxygen atoms in total. The van der Waals surface area contributed by atoms with E-state index in [1.54, 1.807) is 13.8 Å². The van der Waals surface area contributed by atoms with Crippen LogP contribution in [0.3, 0.4) is 0 Å². The summed E-state index contributed by atoms with van der Waals surface area (Å²) in [6.07, 6.45) is -1.19. The molecule has 0 saturated carbocycles. The smallest absolute Gasteiger partial charge is 0.251 e. The van der Waals surface area contributed by atoms with Gasteiger partial charge in [0.15, 0.2) is 0 Å². The first kappa shape index (κ1) is 18.3. The molecular formula is C13H27NO5. The zero-order valence-corrected chi connectivity index (χ0v) is 12.7. The number of amides is 1. The van der Waals surface area contributed by atoms with Crippen molar-refractivity contribution in [2.24, 2.45) is 17.8 Å². The maximum absolute atomic E-state index is 12.0. The fraction of sp³-hybridized carbons (Fsp3) is 0.923. The van der Waals surface area contributed by atoms with E-state index in [9.17, 15) is 9.90 Å². The second-order valence-electron chi connectivity index (χ2n) is 5.02. The van der Waals surface area contributed by atoms with E-state index >= 15 is 0 Å². The topological polar surface area (TPSA) is 79.2 Å². The average molecular weight is 277 g/mol. The number of hydrogen-bond donors (Lipinski definition) is 2. The summed E-state index contributed by atoms with van der Waals surface area (Å²) in [5.74, 6) is -1.22. The molecule has 0 rings (SSSR count). The first-order chi connectivity index (χ1) is 8.81. The number of hydroxylamine groups is 2. The molecule has 19 heavy (non-hydrogen) atoms. The summed E-state index contributed by atoms with van der Waals surface area (Å²) in [5.41, 5.74) is 0. The number of carbonyl (C=O) groups excluding carboxylic acids is 1. The third-order valence-electron chi connectivity index (χ3n) is 3.67. The van der Waals surface area contributed by atoms with E-state index in [1.165, 1.54) is 21.3 Å². The molecule has 0 radical (unpaired) electrons. The van der Waals surface area contributed by atoms with Crippen LogP contribution in [0.1, 0.15) is 20.8 Å². The van der Waals surface area contributed by atoms with Crippen molar-refractivity contribution in [2.45, 2.75) is 33.0 Å². The molecule has 0 aliphatic carbocycles. The molecule has 0 unspecified atom stereocenters. The van der Waals surface area contributed by atoms with Crippen molar-refractivity contribution >= 4 is 5.91 Å². The summed E-state index contributed by atoms with van der Waals surface area (Å²) >= 11 is 0. The molecule has 0 bridgehead atoms. The second-order valence-corrected chi connectivity index (χ2v) is 5.02. The highest BCUT2D eigenvalue weighted by Gasteiger charge is 2.35. The van der Waals surface area contributed by atoms with Gasteiger partial charge in [0.05, 0.1) is 25.2 Å². The van der Waals surface area contributed by atoms with Crippen LogP contribution in [-0.4, -0.2) is 61.3 Å². The Kier molecular flexibility index (Phi) is 8.17. The zero-order chi connectivity index (χ0) is 15.2. The van der Waals surface area contributed by atoms with Crippen LogP contribution < -0.4 is 0 Å². The minimum atomic E-state index is -0.738. The van der Waals surface area contributed by atoms with Crippen molar-refractivity contribution in [2.75, 3.05) is 27.9 Å². The van der Waals surface area contributed by atoms with Crippen LogP contribution in [0.25, 0.3) is 0 Å². The Hall–Kier alpha value is -0.690. The Labute approximate surface area is 115 Å². The Balaban J connectivity index is 4.85. The molecule has 0 aliphatic rings. The van der Waals surface area contributed by atoms with E-state index in [4.69, 9.17) is 14.7 Å². The molecule has 0 spiro atoms.